The van der Waals surface area contributed by atoms with Crippen molar-refractivity contribution in [1.29, 1.82) is 0 Å². The number of rotatable bonds is 6. The van der Waals surface area contributed by atoms with Crippen LogP contribution in [0.4, 0.5) is 22.9 Å². The van der Waals surface area contributed by atoms with Gasteiger partial charge in [-0.2, -0.15) is 0 Å². The van der Waals surface area contributed by atoms with Crippen LogP contribution in [-0.2, 0) is 16.6 Å². The smallest absolute Gasteiger partial charge is 0.274 e. The number of anilines is 4. The number of carbonyl (C=O) groups is 4. The van der Waals surface area contributed by atoms with E-state index in [0.29, 0.717) is 28.7 Å². The van der Waals surface area contributed by atoms with Gasteiger partial charge in [-0.25, -0.2) is 4.98 Å². The number of carbonyl (C=O) groups excluding carboxylic acids is 4. The van der Waals surface area contributed by atoms with Gasteiger partial charge in [-0.3, -0.25) is 39.1 Å². The largest absolute Gasteiger partial charge is 0.369 e. The van der Waals surface area contributed by atoms with Gasteiger partial charge in [0.1, 0.15) is 17.5 Å². The topological polar surface area (TPSA) is 140 Å². The van der Waals surface area contributed by atoms with Crippen LogP contribution in [0.3, 0.4) is 0 Å². The number of pyridine rings is 2. The van der Waals surface area contributed by atoms with Gasteiger partial charge >= 0.3 is 0 Å². The Kier molecular flexibility index (Phi) is 8.78. The number of aromatic nitrogens is 2. The molecule has 6 heterocycles. The van der Waals surface area contributed by atoms with Gasteiger partial charge in [-0.1, -0.05) is 0 Å². The van der Waals surface area contributed by atoms with Gasteiger partial charge in [0.05, 0.1) is 23.0 Å². The molecule has 0 radical (unpaired) electrons. The zero-order valence-corrected chi connectivity index (χ0v) is 29.3. The third kappa shape index (κ3) is 6.23. The third-order valence-corrected chi connectivity index (χ3v) is 10.7. The van der Waals surface area contributed by atoms with Crippen molar-refractivity contribution in [3.8, 4) is 0 Å². The lowest BCUT2D eigenvalue weighted by Crippen LogP contribution is -2.58. The van der Waals surface area contributed by atoms with Gasteiger partial charge in [-0.15, -0.1) is 0 Å². The van der Waals surface area contributed by atoms with Crippen LogP contribution in [0.25, 0.3) is 0 Å². The van der Waals surface area contributed by atoms with Crippen LogP contribution >= 0.6 is 15.9 Å². The van der Waals surface area contributed by atoms with Crippen LogP contribution in [-0.4, -0.2) is 93.3 Å². The fourth-order valence-corrected chi connectivity index (χ4v) is 8.27. The Morgan fingerprint density at radius 2 is 1.63 bits per heavy atom. The Morgan fingerprint density at radius 3 is 2.35 bits per heavy atom. The summed E-state index contributed by atoms with van der Waals surface area (Å²) < 4.78 is 2.32. The lowest BCUT2D eigenvalue weighted by molar-refractivity contribution is -0.136. The van der Waals surface area contributed by atoms with Crippen LogP contribution in [0.15, 0.2) is 58.1 Å². The predicted molar refractivity (Wildman–Crippen MR) is 188 cm³/mol. The molecule has 3 aromatic rings. The molecule has 3 fully saturated rings. The van der Waals surface area contributed by atoms with E-state index in [4.69, 9.17) is 0 Å². The second-order valence-electron chi connectivity index (χ2n) is 13.4. The predicted octanol–water partition coefficient (Wildman–Crippen LogP) is 3.26. The zero-order valence-electron chi connectivity index (χ0n) is 27.7. The van der Waals surface area contributed by atoms with Gasteiger partial charge in [-0.05, 0) is 85.4 Å². The van der Waals surface area contributed by atoms with E-state index < -0.39 is 29.7 Å². The minimum atomic E-state index is -0.974. The summed E-state index contributed by atoms with van der Waals surface area (Å²) in [4.78, 5) is 76.0. The minimum absolute atomic E-state index is 0.0926. The number of amides is 4. The number of imide groups is 2. The number of benzene rings is 1. The van der Waals surface area contributed by atoms with Crippen molar-refractivity contribution in [2.75, 3.05) is 41.3 Å². The van der Waals surface area contributed by atoms with E-state index in [-0.39, 0.29) is 30.5 Å². The van der Waals surface area contributed by atoms with Crippen molar-refractivity contribution >= 4 is 62.4 Å². The number of nitrogens with zero attached hydrogens (tertiary/aromatic N) is 6. The molecule has 0 aliphatic carbocycles. The van der Waals surface area contributed by atoms with E-state index in [1.54, 1.807) is 31.4 Å². The van der Waals surface area contributed by atoms with E-state index in [0.717, 1.165) is 59.8 Å². The maximum atomic E-state index is 13.4. The first-order valence-corrected chi connectivity index (χ1v) is 17.5. The van der Waals surface area contributed by atoms with Crippen LogP contribution in [0.5, 0.6) is 0 Å². The summed E-state index contributed by atoms with van der Waals surface area (Å²) in [6.07, 6.45) is 5.75. The van der Waals surface area contributed by atoms with Crippen molar-refractivity contribution in [2.24, 2.45) is 7.05 Å². The molecule has 13 nitrogen and oxygen atoms in total. The van der Waals surface area contributed by atoms with Gasteiger partial charge < -0.3 is 19.7 Å². The van der Waals surface area contributed by atoms with Crippen molar-refractivity contribution in [2.45, 2.75) is 63.7 Å². The summed E-state index contributed by atoms with van der Waals surface area (Å²) in [7, 11) is 1.71. The summed E-state index contributed by atoms with van der Waals surface area (Å²) >= 11 is 3.44. The van der Waals surface area contributed by atoms with Crippen LogP contribution in [0.2, 0.25) is 0 Å². The number of hydrogen-bond acceptors (Lipinski definition) is 10. The van der Waals surface area contributed by atoms with Crippen LogP contribution < -0.4 is 26.0 Å². The maximum absolute atomic E-state index is 13.4. The molecule has 256 valence electrons. The molecule has 7 rings (SSSR count). The second kappa shape index (κ2) is 13.0. The number of piperazine rings is 1. The average molecular weight is 732 g/mol. The van der Waals surface area contributed by atoms with Gasteiger partial charge in [0.25, 0.3) is 17.4 Å². The molecule has 3 saturated heterocycles. The second-order valence-corrected chi connectivity index (χ2v) is 14.4. The van der Waals surface area contributed by atoms with Crippen molar-refractivity contribution in [1.82, 2.24) is 24.7 Å². The van der Waals surface area contributed by atoms with Crippen LogP contribution in [0, 0.1) is 0 Å². The van der Waals surface area contributed by atoms with Crippen molar-refractivity contribution < 1.29 is 19.2 Å². The van der Waals surface area contributed by atoms with E-state index in [1.807, 2.05) is 24.4 Å². The molecule has 2 aromatic heterocycles. The van der Waals surface area contributed by atoms with E-state index >= 15 is 0 Å². The Balaban J connectivity index is 0.959. The SMILES string of the molecule is C[C@@H]1C[C@H](N2CCN(c3ccc(Nc4cc(Br)cn(C)c4=O)nc3)[C@@H](C)C2)CCN1c1ccc2c(c1)C(=O)N(C1CCC(=O)NC1=O)C2=O. The first-order valence-electron chi connectivity index (χ1n) is 16.7. The number of halogens is 1. The highest BCUT2D eigenvalue weighted by atomic mass is 79.9. The lowest BCUT2D eigenvalue weighted by Gasteiger charge is -2.48. The monoisotopic (exact) mass is 730 g/mol. The highest BCUT2D eigenvalue weighted by Gasteiger charge is 2.45. The van der Waals surface area contributed by atoms with E-state index in [9.17, 15) is 24.0 Å². The molecule has 0 saturated carbocycles. The van der Waals surface area contributed by atoms with Gasteiger partial charge in [0.2, 0.25) is 11.8 Å². The number of nitrogens with one attached hydrogen (secondary N) is 2. The fraction of sp³-hybridized carbons (Fsp3) is 0.429. The number of aryl methyl sites for hydroxylation is 1. The molecule has 49 heavy (non-hydrogen) atoms. The fourth-order valence-electron chi connectivity index (χ4n) is 7.73. The summed E-state index contributed by atoms with van der Waals surface area (Å²) in [6, 6.07) is 11.0. The molecular weight excluding hydrogens is 692 g/mol. The quantitative estimate of drug-likeness (QED) is 0.364. The molecule has 4 amide bonds. The molecule has 0 spiro atoms. The molecule has 1 aromatic carbocycles. The maximum Gasteiger partial charge on any atom is 0.274 e. The average Bonchev–Trinajstić information content (AvgIpc) is 3.32. The zero-order chi connectivity index (χ0) is 34.6. The summed E-state index contributed by atoms with van der Waals surface area (Å²) in [5.41, 5.74) is 2.86. The molecule has 2 N–H and O–H groups in total. The molecule has 0 bridgehead atoms. The Bertz CT molecular complexity index is 1900. The first kappa shape index (κ1) is 33.0. The number of piperidine rings is 2. The lowest BCUT2D eigenvalue weighted by atomic mass is 9.94. The third-order valence-electron chi connectivity index (χ3n) is 10.3. The summed E-state index contributed by atoms with van der Waals surface area (Å²) in [5.74, 6) is -1.36. The molecule has 4 atom stereocenters. The standard InChI is InChI=1S/C35H39BrN8O5/c1-20-14-23(10-11-42(20)24-4-6-26-27(16-24)34(48)44(33(26)47)29-7-9-31(45)39-32(29)46)41-12-13-43(21(2)18-41)25-5-8-30(37-17-25)38-28-15-22(36)19-40(3)35(28)49/h4-6,8,15-17,19-21,23,29H,7,9-14,18H2,1-3H3,(H,37,38)(H,39,45,46)/t20-,21+,23-,29?/m1/s1. The Hall–Kier alpha value is -4.56. The first-order chi connectivity index (χ1) is 23.5. The number of hydrogen-bond donors (Lipinski definition) is 2. The molecular formula is C35H39BrN8O5. The summed E-state index contributed by atoms with van der Waals surface area (Å²) in [5, 5.41) is 5.38. The molecule has 14 heteroatoms. The normalized spacial score (nSPS) is 24.7. The Labute approximate surface area is 292 Å². The van der Waals surface area contributed by atoms with E-state index in [1.165, 1.54) is 4.57 Å². The van der Waals surface area contributed by atoms with Crippen molar-refractivity contribution in [3.63, 3.8) is 0 Å². The van der Waals surface area contributed by atoms with Crippen molar-refractivity contribution in [3.05, 3.63) is 74.7 Å². The Morgan fingerprint density at radius 1 is 0.878 bits per heavy atom. The highest BCUT2D eigenvalue weighted by Crippen LogP contribution is 2.34. The van der Waals surface area contributed by atoms with E-state index in [2.05, 4.69) is 60.1 Å². The highest BCUT2D eigenvalue weighted by molar-refractivity contribution is 9.10. The van der Waals surface area contributed by atoms with Gasteiger partial charge in [0, 0.05) is 74.1 Å². The van der Waals surface area contributed by atoms with Gasteiger partial charge in [0.15, 0.2) is 0 Å². The minimum Gasteiger partial charge on any atom is -0.369 e. The molecule has 4 aliphatic heterocycles. The molecule has 4 aliphatic rings. The number of fused-ring (bicyclic) bond motifs is 1. The molecule has 1 unspecified atom stereocenters. The summed E-state index contributed by atoms with van der Waals surface area (Å²) in [6.45, 7) is 7.99. The van der Waals surface area contributed by atoms with Crippen LogP contribution in [0.1, 0.15) is 60.2 Å².